The highest BCUT2D eigenvalue weighted by molar-refractivity contribution is 7.15. The van der Waals surface area contributed by atoms with Crippen molar-refractivity contribution in [3.63, 3.8) is 0 Å². The molecule has 30 heavy (non-hydrogen) atoms. The van der Waals surface area contributed by atoms with Crippen LogP contribution in [0.3, 0.4) is 0 Å². The maximum Gasteiger partial charge on any atom is 0.271 e. The molecule has 1 N–H and O–H groups in total. The molecule has 3 rings (SSSR count). The van der Waals surface area contributed by atoms with Crippen LogP contribution in [0, 0.1) is 21.4 Å². The number of aromatic nitrogens is 3. The molecule has 0 radical (unpaired) electrons. The minimum absolute atomic E-state index is 0.136. The number of nitriles is 1. The fourth-order valence-electron chi connectivity index (χ4n) is 2.52. The molecular weight excluding hydrogens is 428 g/mol. The smallest absolute Gasteiger partial charge is 0.271 e. The maximum absolute atomic E-state index is 12.5. The number of nitrogens with zero attached hydrogens (tertiary/aromatic N) is 5. The minimum atomic E-state index is -0.619. The van der Waals surface area contributed by atoms with Crippen LogP contribution in [-0.2, 0) is 4.79 Å². The van der Waals surface area contributed by atoms with Gasteiger partial charge in [0.05, 0.1) is 15.6 Å². The number of rotatable bonds is 6. The maximum atomic E-state index is 12.5. The summed E-state index contributed by atoms with van der Waals surface area (Å²) >= 11 is 7.44. The first-order chi connectivity index (χ1) is 14.3. The molecule has 0 bridgehead atoms. The summed E-state index contributed by atoms with van der Waals surface area (Å²) < 4.78 is 1.62. The lowest BCUT2D eigenvalue weighted by Gasteiger charge is -2.09. The van der Waals surface area contributed by atoms with Gasteiger partial charge in [0, 0.05) is 29.9 Å². The van der Waals surface area contributed by atoms with Crippen LogP contribution in [0.25, 0.3) is 11.8 Å². The fraction of sp³-hybridized carbons (Fsp3) is 0.158. The molecule has 0 saturated carbocycles. The highest BCUT2D eigenvalue weighted by atomic mass is 35.5. The number of anilines is 1. The van der Waals surface area contributed by atoms with Crippen LogP contribution in [0.2, 0.25) is 5.02 Å². The average molecular weight is 443 g/mol. The molecule has 152 valence electrons. The lowest BCUT2D eigenvalue weighted by molar-refractivity contribution is -0.384. The first-order valence-electron chi connectivity index (χ1n) is 8.68. The van der Waals surface area contributed by atoms with E-state index in [0.717, 1.165) is 5.01 Å². The highest BCUT2D eigenvalue weighted by Gasteiger charge is 2.16. The molecule has 0 spiro atoms. The summed E-state index contributed by atoms with van der Waals surface area (Å²) in [5, 5.41) is 32.1. The first-order valence-corrected chi connectivity index (χ1v) is 9.87. The lowest BCUT2D eigenvalue weighted by atomic mass is 10.2. The molecule has 0 unspecified atom stereocenters. The largest absolute Gasteiger partial charge is 0.316 e. The Hall–Kier alpha value is -3.55. The van der Waals surface area contributed by atoms with Crippen molar-refractivity contribution in [3.05, 3.63) is 67.9 Å². The third-order valence-corrected chi connectivity index (χ3v) is 5.44. The summed E-state index contributed by atoms with van der Waals surface area (Å²) in [4.78, 5) is 22.9. The van der Waals surface area contributed by atoms with Crippen molar-refractivity contribution in [3.8, 4) is 11.8 Å². The van der Waals surface area contributed by atoms with Gasteiger partial charge >= 0.3 is 0 Å². The van der Waals surface area contributed by atoms with Gasteiger partial charge in [-0.1, -0.05) is 36.8 Å². The van der Waals surface area contributed by atoms with Crippen molar-refractivity contribution >= 4 is 45.7 Å². The van der Waals surface area contributed by atoms with Crippen LogP contribution >= 0.6 is 22.9 Å². The van der Waals surface area contributed by atoms with Crippen LogP contribution in [0.5, 0.6) is 0 Å². The normalized spacial score (nSPS) is 11.4. The minimum Gasteiger partial charge on any atom is -0.316 e. The number of halogens is 1. The second-order valence-electron chi connectivity index (χ2n) is 6.42. The molecular formula is C19H15ClN6O3S. The van der Waals surface area contributed by atoms with E-state index in [1.165, 1.54) is 35.6 Å². The quantitative estimate of drug-likeness (QED) is 0.258. The molecule has 0 fully saturated rings. The number of hydrogen-bond acceptors (Lipinski definition) is 7. The van der Waals surface area contributed by atoms with Gasteiger partial charge in [0.2, 0.25) is 5.13 Å². The zero-order chi connectivity index (χ0) is 21.8. The standard InChI is InChI=1S/C19H15ClN6O3S/c1-11(2)18-23-24-19(30-18)22-17(27)12(10-21)8-13-4-3-7-25(13)16-6-5-14(26(28)29)9-15(16)20/h3-9,11H,1-2H3,(H,22,24,27). The van der Waals surface area contributed by atoms with Crippen molar-refractivity contribution in [1.82, 2.24) is 14.8 Å². The van der Waals surface area contributed by atoms with E-state index in [4.69, 9.17) is 11.6 Å². The van der Waals surface area contributed by atoms with Crippen LogP contribution in [0.4, 0.5) is 10.8 Å². The van der Waals surface area contributed by atoms with Crippen molar-refractivity contribution in [2.75, 3.05) is 5.32 Å². The van der Waals surface area contributed by atoms with Gasteiger partial charge in [-0.3, -0.25) is 20.2 Å². The third-order valence-electron chi connectivity index (χ3n) is 3.99. The number of hydrogen-bond donors (Lipinski definition) is 1. The van der Waals surface area contributed by atoms with E-state index in [1.54, 1.807) is 22.9 Å². The highest BCUT2D eigenvalue weighted by Crippen LogP contribution is 2.28. The van der Waals surface area contributed by atoms with E-state index in [2.05, 4.69) is 15.5 Å². The molecule has 1 aromatic carbocycles. The average Bonchev–Trinajstić information content (AvgIpc) is 3.35. The van der Waals surface area contributed by atoms with E-state index in [0.29, 0.717) is 16.5 Å². The predicted octanol–water partition coefficient (Wildman–Crippen LogP) is 4.56. The second kappa shape index (κ2) is 8.86. The van der Waals surface area contributed by atoms with E-state index in [-0.39, 0.29) is 22.2 Å². The number of benzene rings is 1. The number of nitro groups is 1. The van der Waals surface area contributed by atoms with Gasteiger partial charge in [-0.15, -0.1) is 10.2 Å². The Bertz CT molecular complexity index is 1190. The summed E-state index contributed by atoms with van der Waals surface area (Å²) in [6.07, 6.45) is 3.07. The molecule has 0 atom stereocenters. The molecule has 3 aromatic rings. The summed E-state index contributed by atoms with van der Waals surface area (Å²) in [5.41, 5.74) is 0.691. The van der Waals surface area contributed by atoms with Crippen LogP contribution in [0.15, 0.2) is 42.1 Å². The van der Waals surface area contributed by atoms with Gasteiger partial charge in [0.25, 0.3) is 11.6 Å². The Morgan fingerprint density at radius 3 is 2.77 bits per heavy atom. The van der Waals surface area contributed by atoms with Gasteiger partial charge in [0.15, 0.2) is 0 Å². The van der Waals surface area contributed by atoms with Crippen molar-refractivity contribution in [1.29, 1.82) is 5.26 Å². The number of amides is 1. The molecule has 0 saturated heterocycles. The Kier molecular flexibility index (Phi) is 6.25. The van der Waals surface area contributed by atoms with Crippen LogP contribution < -0.4 is 5.32 Å². The van der Waals surface area contributed by atoms with E-state index < -0.39 is 10.8 Å². The number of carbonyl (C=O) groups excluding carboxylic acids is 1. The number of nitro benzene ring substituents is 1. The molecule has 1 amide bonds. The van der Waals surface area contributed by atoms with E-state index >= 15 is 0 Å². The third kappa shape index (κ3) is 4.53. The van der Waals surface area contributed by atoms with Crippen LogP contribution in [-0.4, -0.2) is 25.6 Å². The zero-order valence-electron chi connectivity index (χ0n) is 15.9. The number of nitrogens with one attached hydrogen (secondary N) is 1. The zero-order valence-corrected chi connectivity index (χ0v) is 17.4. The fourth-order valence-corrected chi connectivity index (χ4v) is 3.52. The Labute approximate surface area is 180 Å². The predicted molar refractivity (Wildman–Crippen MR) is 114 cm³/mol. The molecule has 0 aliphatic rings. The summed E-state index contributed by atoms with van der Waals surface area (Å²) in [7, 11) is 0. The molecule has 0 aliphatic carbocycles. The number of non-ortho nitro benzene ring substituents is 1. The summed E-state index contributed by atoms with van der Waals surface area (Å²) in [5.74, 6) is -0.444. The summed E-state index contributed by atoms with van der Waals surface area (Å²) in [6.45, 7) is 3.93. The summed E-state index contributed by atoms with van der Waals surface area (Å²) in [6, 6.07) is 9.33. The lowest BCUT2D eigenvalue weighted by Crippen LogP contribution is -2.13. The van der Waals surface area contributed by atoms with E-state index in [9.17, 15) is 20.2 Å². The molecule has 11 heteroatoms. The van der Waals surface area contributed by atoms with Gasteiger partial charge in [-0.2, -0.15) is 5.26 Å². The van der Waals surface area contributed by atoms with Crippen molar-refractivity contribution in [2.45, 2.75) is 19.8 Å². The number of carbonyl (C=O) groups is 1. The van der Waals surface area contributed by atoms with Crippen molar-refractivity contribution < 1.29 is 9.72 Å². The second-order valence-corrected chi connectivity index (χ2v) is 7.84. The van der Waals surface area contributed by atoms with Crippen LogP contribution in [0.1, 0.15) is 30.5 Å². The van der Waals surface area contributed by atoms with Gasteiger partial charge < -0.3 is 4.57 Å². The Balaban J connectivity index is 1.89. The first kappa shape index (κ1) is 21.2. The monoisotopic (exact) mass is 442 g/mol. The molecule has 9 nitrogen and oxygen atoms in total. The molecule has 0 aliphatic heterocycles. The van der Waals surface area contributed by atoms with Gasteiger partial charge in [0.1, 0.15) is 16.6 Å². The topological polar surface area (TPSA) is 127 Å². The SMILES string of the molecule is CC(C)c1nnc(NC(=O)C(C#N)=Cc2cccn2-c2ccc([N+](=O)[O-])cc2Cl)s1. The van der Waals surface area contributed by atoms with Crippen molar-refractivity contribution in [2.24, 2.45) is 0 Å². The molecule has 2 heterocycles. The Morgan fingerprint density at radius 2 is 2.17 bits per heavy atom. The molecule has 2 aromatic heterocycles. The Morgan fingerprint density at radius 1 is 1.40 bits per heavy atom. The van der Waals surface area contributed by atoms with Gasteiger partial charge in [-0.25, -0.2) is 0 Å². The van der Waals surface area contributed by atoms with Gasteiger partial charge in [-0.05, 0) is 24.3 Å². The van der Waals surface area contributed by atoms with E-state index in [1.807, 2.05) is 19.9 Å².